The Morgan fingerprint density at radius 3 is 2.48 bits per heavy atom. The van der Waals surface area contributed by atoms with E-state index in [1.807, 2.05) is 60.8 Å². The number of hydrogen-bond donors (Lipinski definition) is 3. The first-order valence-electron chi connectivity index (χ1n) is 7.38. The van der Waals surface area contributed by atoms with Crippen LogP contribution in [0.25, 0.3) is 10.9 Å². The molecule has 3 rings (SSSR count). The highest BCUT2D eigenvalue weighted by Gasteiger charge is 2.22. The van der Waals surface area contributed by atoms with Gasteiger partial charge in [0.1, 0.15) is 0 Å². The second-order valence-corrected chi connectivity index (χ2v) is 5.40. The zero-order chi connectivity index (χ0) is 16.2. The van der Waals surface area contributed by atoms with Crippen LogP contribution in [-0.4, -0.2) is 16.9 Å². The SMILES string of the molecule is NC(N)=NC(=O)[C@H](Cc1c[nH]c2ccccc12)c1ccccc1. The van der Waals surface area contributed by atoms with E-state index in [1.54, 1.807) is 0 Å². The van der Waals surface area contributed by atoms with E-state index in [9.17, 15) is 4.79 Å². The van der Waals surface area contributed by atoms with Crippen molar-refractivity contribution in [1.29, 1.82) is 0 Å². The molecule has 1 heterocycles. The zero-order valence-corrected chi connectivity index (χ0v) is 12.6. The quantitative estimate of drug-likeness (QED) is 0.509. The normalized spacial score (nSPS) is 12.0. The average molecular weight is 306 g/mol. The molecule has 0 bridgehead atoms. The highest BCUT2D eigenvalue weighted by molar-refractivity contribution is 5.95. The lowest BCUT2D eigenvalue weighted by molar-refractivity contribution is -0.119. The number of nitrogens with two attached hydrogens (primary N) is 2. The van der Waals surface area contributed by atoms with Gasteiger partial charge in [-0.15, -0.1) is 0 Å². The second kappa shape index (κ2) is 6.36. The minimum Gasteiger partial charge on any atom is -0.370 e. The van der Waals surface area contributed by atoms with Gasteiger partial charge in [0.05, 0.1) is 5.92 Å². The summed E-state index contributed by atoms with van der Waals surface area (Å²) < 4.78 is 0. The maximum Gasteiger partial charge on any atom is 0.256 e. The summed E-state index contributed by atoms with van der Waals surface area (Å²) in [5, 5.41) is 1.10. The van der Waals surface area contributed by atoms with Crippen molar-refractivity contribution in [2.75, 3.05) is 0 Å². The molecule has 0 aliphatic rings. The first kappa shape index (κ1) is 14.8. The number of aromatic amines is 1. The number of para-hydroxylation sites is 1. The van der Waals surface area contributed by atoms with Crippen molar-refractivity contribution in [2.24, 2.45) is 16.5 Å². The van der Waals surface area contributed by atoms with E-state index in [2.05, 4.69) is 9.98 Å². The zero-order valence-electron chi connectivity index (χ0n) is 12.6. The molecule has 5 nitrogen and oxygen atoms in total. The third-order valence-corrected chi connectivity index (χ3v) is 3.84. The van der Waals surface area contributed by atoms with Gasteiger partial charge in [-0.2, -0.15) is 4.99 Å². The number of benzene rings is 2. The average Bonchev–Trinajstić information content (AvgIpc) is 2.96. The van der Waals surface area contributed by atoms with Crippen LogP contribution >= 0.6 is 0 Å². The summed E-state index contributed by atoms with van der Waals surface area (Å²) in [7, 11) is 0. The fourth-order valence-corrected chi connectivity index (χ4v) is 2.76. The Hall–Kier alpha value is -3.08. The molecule has 5 heteroatoms. The van der Waals surface area contributed by atoms with E-state index in [0.29, 0.717) is 6.42 Å². The Kier molecular flexibility index (Phi) is 4.10. The summed E-state index contributed by atoms with van der Waals surface area (Å²) in [6, 6.07) is 17.6. The Balaban J connectivity index is 1.99. The van der Waals surface area contributed by atoms with Gasteiger partial charge in [-0.25, -0.2) is 0 Å². The van der Waals surface area contributed by atoms with Crippen molar-refractivity contribution in [1.82, 2.24) is 4.98 Å². The number of carbonyl (C=O) groups excluding carboxylic acids is 1. The molecule has 0 fully saturated rings. The minimum absolute atomic E-state index is 0.213. The molecule has 0 saturated carbocycles. The number of fused-ring (bicyclic) bond motifs is 1. The lowest BCUT2D eigenvalue weighted by Gasteiger charge is -2.13. The number of carbonyl (C=O) groups is 1. The Labute approximate surface area is 134 Å². The molecule has 0 radical (unpaired) electrons. The fourth-order valence-electron chi connectivity index (χ4n) is 2.76. The summed E-state index contributed by atoms with van der Waals surface area (Å²) in [4.78, 5) is 19.4. The molecule has 23 heavy (non-hydrogen) atoms. The first-order chi connectivity index (χ1) is 11.1. The third kappa shape index (κ3) is 3.23. The highest BCUT2D eigenvalue weighted by atomic mass is 16.1. The molecule has 1 amide bonds. The fraction of sp³-hybridized carbons (Fsp3) is 0.111. The molecule has 0 aliphatic heterocycles. The molecule has 116 valence electrons. The predicted molar refractivity (Wildman–Crippen MR) is 92.0 cm³/mol. The smallest absolute Gasteiger partial charge is 0.256 e. The van der Waals surface area contributed by atoms with E-state index in [-0.39, 0.29) is 11.9 Å². The number of rotatable bonds is 4. The van der Waals surface area contributed by atoms with Gasteiger partial charge in [-0.05, 0) is 23.6 Å². The summed E-state index contributed by atoms with van der Waals surface area (Å²) in [6.07, 6.45) is 2.47. The summed E-state index contributed by atoms with van der Waals surface area (Å²) >= 11 is 0. The van der Waals surface area contributed by atoms with Crippen molar-refractivity contribution in [3.05, 3.63) is 71.9 Å². The molecule has 0 saturated heterocycles. The van der Waals surface area contributed by atoms with E-state index < -0.39 is 5.92 Å². The van der Waals surface area contributed by atoms with E-state index in [0.717, 1.165) is 22.0 Å². The number of nitrogens with one attached hydrogen (secondary N) is 1. The van der Waals surface area contributed by atoms with Gasteiger partial charge in [-0.1, -0.05) is 48.5 Å². The van der Waals surface area contributed by atoms with Crippen LogP contribution < -0.4 is 11.5 Å². The first-order valence-corrected chi connectivity index (χ1v) is 7.38. The van der Waals surface area contributed by atoms with Crippen LogP contribution in [0, 0.1) is 0 Å². The van der Waals surface area contributed by atoms with Crippen LogP contribution in [0.2, 0.25) is 0 Å². The number of nitrogens with zero attached hydrogens (tertiary/aromatic N) is 1. The van der Waals surface area contributed by atoms with Crippen molar-refractivity contribution in [3.8, 4) is 0 Å². The number of aliphatic imine (C=N–C) groups is 1. The van der Waals surface area contributed by atoms with Gasteiger partial charge in [0.15, 0.2) is 5.96 Å². The second-order valence-electron chi connectivity index (χ2n) is 5.40. The van der Waals surface area contributed by atoms with Gasteiger partial charge in [0.25, 0.3) is 5.91 Å². The van der Waals surface area contributed by atoms with Crippen LogP contribution in [0.4, 0.5) is 0 Å². The molecule has 5 N–H and O–H groups in total. The van der Waals surface area contributed by atoms with E-state index in [4.69, 9.17) is 11.5 Å². The topological polar surface area (TPSA) is 97.3 Å². The summed E-state index contributed by atoms with van der Waals surface area (Å²) in [5.74, 6) is -0.964. The molecule has 0 aliphatic carbocycles. The molecule has 0 spiro atoms. The van der Waals surface area contributed by atoms with Gasteiger partial charge >= 0.3 is 0 Å². The van der Waals surface area contributed by atoms with Crippen LogP contribution in [0.5, 0.6) is 0 Å². The van der Waals surface area contributed by atoms with E-state index in [1.165, 1.54) is 0 Å². The van der Waals surface area contributed by atoms with Crippen molar-refractivity contribution in [2.45, 2.75) is 12.3 Å². The van der Waals surface area contributed by atoms with Crippen LogP contribution in [-0.2, 0) is 11.2 Å². The molecular weight excluding hydrogens is 288 g/mol. The Bertz CT molecular complexity index is 848. The van der Waals surface area contributed by atoms with Crippen molar-refractivity contribution < 1.29 is 4.79 Å². The number of amides is 1. The number of hydrogen-bond acceptors (Lipinski definition) is 1. The molecule has 2 aromatic carbocycles. The van der Waals surface area contributed by atoms with E-state index >= 15 is 0 Å². The van der Waals surface area contributed by atoms with Gasteiger partial charge < -0.3 is 16.5 Å². The van der Waals surface area contributed by atoms with Gasteiger partial charge in [0.2, 0.25) is 0 Å². The van der Waals surface area contributed by atoms with Gasteiger partial charge in [0, 0.05) is 17.1 Å². The Morgan fingerprint density at radius 1 is 1.04 bits per heavy atom. The molecule has 1 atom stereocenters. The van der Waals surface area contributed by atoms with Gasteiger partial charge in [-0.3, -0.25) is 4.79 Å². The van der Waals surface area contributed by atoms with Crippen LogP contribution in [0.15, 0.2) is 65.8 Å². The minimum atomic E-state index is -0.419. The van der Waals surface area contributed by atoms with Crippen molar-refractivity contribution >= 4 is 22.8 Å². The largest absolute Gasteiger partial charge is 0.370 e. The van der Waals surface area contributed by atoms with Crippen molar-refractivity contribution in [3.63, 3.8) is 0 Å². The maximum atomic E-state index is 12.5. The molecule has 0 unspecified atom stereocenters. The summed E-state index contributed by atoms with van der Waals surface area (Å²) in [5.41, 5.74) is 13.8. The Morgan fingerprint density at radius 2 is 1.74 bits per heavy atom. The predicted octanol–water partition coefficient (Wildman–Crippen LogP) is 2.29. The lowest BCUT2D eigenvalue weighted by atomic mass is 9.91. The highest BCUT2D eigenvalue weighted by Crippen LogP contribution is 2.27. The van der Waals surface area contributed by atoms with Crippen LogP contribution in [0.1, 0.15) is 17.0 Å². The number of aromatic nitrogens is 1. The number of guanidine groups is 1. The molecule has 1 aromatic heterocycles. The molecule has 3 aromatic rings. The molecular formula is C18H18N4O. The van der Waals surface area contributed by atoms with Crippen LogP contribution in [0.3, 0.4) is 0 Å². The number of H-pyrrole nitrogens is 1. The monoisotopic (exact) mass is 306 g/mol. The third-order valence-electron chi connectivity index (χ3n) is 3.84. The lowest BCUT2D eigenvalue weighted by Crippen LogP contribution is -2.26. The standard InChI is InChI=1S/C18H18N4O/c19-18(20)22-17(23)15(12-6-2-1-3-7-12)10-13-11-21-16-9-5-4-8-14(13)16/h1-9,11,15,21H,10H2,(H4,19,20,22,23)/t15-/m1/s1. The maximum absolute atomic E-state index is 12.5. The summed E-state index contributed by atoms with van der Waals surface area (Å²) in [6.45, 7) is 0.